The maximum Gasteiger partial charge on any atom is 0.120 e. The Hall–Kier alpha value is -2.06. The molecule has 1 nitrogen and oxygen atoms in total. The summed E-state index contributed by atoms with van der Waals surface area (Å²) in [6.07, 6.45) is 0. The maximum atomic E-state index is 11.3. The fourth-order valence-electron chi connectivity index (χ4n) is 3.78. The Morgan fingerprint density at radius 3 is 2.00 bits per heavy atom. The number of rotatable bonds is 3. The quantitative estimate of drug-likeness (QED) is 0.539. The van der Waals surface area contributed by atoms with Crippen molar-refractivity contribution in [2.75, 3.05) is 5.33 Å². The second-order valence-corrected chi connectivity index (χ2v) is 8.30. The normalized spacial score (nSPS) is 18.5. The molecule has 0 bridgehead atoms. The molecule has 2 heteroatoms. The highest BCUT2D eigenvalue weighted by molar-refractivity contribution is 9.09. The van der Waals surface area contributed by atoms with Crippen molar-refractivity contribution in [2.45, 2.75) is 26.7 Å². The van der Waals surface area contributed by atoms with E-state index in [0.717, 1.165) is 33.4 Å². The van der Waals surface area contributed by atoms with E-state index >= 15 is 0 Å². The Morgan fingerprint density at radius 1 is 0.962 bits per heavy atom. The lowest BCUT2D eigenvalue weighted by atomic mass is 9.68. The van der Waals surface area contributed by atoms with E-state index in [1.54, 1.807) is 0 Å². The van der Waals surface area contributed by atoms with Crippen molar-refractivity contribution in [3.8, 4) is 0 Å². The summed E-state index contributed by atoms with van der Waals surface area (Å²) in [7, 11) is 0. The maximum absolute atomic E-state index is 11.3. The summed E-state index contributed by atoms with van der Waals surface area (Å²) in [6, 6.07) is 20.6. The number of hydrogen-bond acceptors (Lipinski definition) is 1. The Bertz CT molecular complexity index is 867. The predicted molar refractivity (Wildman–Crippen MR) is 115 cm³/mol. The van der Waals surface area contributed by atoms with Gasteiger partial charge in [0.1, 0.15) is 5.76 Å². The lowest BCUT2D eigenvalue weighted by Crippen LogP contribution is -2.24. The summed E-state index contributed by atoms with van der Waals surface area (Å²) in [5.74, 6) is 0.367. The molecule has 2 aromatic rings. The summed E-state index contributed by atoms with van der Waals surface area (Å²) in [5, 5.41) is 11.9. The van der Waals surface area contributed by atoms with Crippen molar-refractivity contribution in [1.82, 2.24) is 0 Å². The van der Waals surface area contributed by atoms with E-state index in [1.807, 2.05) is 36.4 Å². The second-order valence-electron chi connectivity index (χ2n) is 7.74. The van der Waals surface area contributed by atoms with E-state index in [1.165, 1.54) is 0 Å². The van der Waals surface area contributed by atoms with Gasteiger partial charge >= 0.3 is 0 Å². The van der Waals surface area contributed by atoms with Crippen LogP contribution >= 0.6 is 15.9 Å². The van der Waals surface area contributed by atoms with Crippen LogP contribution in [0, 0.1) is 5.41 Å². The monoisotopic (exact) mass is 408 g/mol. The molecule has 1 atom stereocenters. The van der Waals surface area contributed by atoms with Crippen LogP contribution in [0.25, 0.3) is 5.57 Å². The zero-order chi connectivity index (χ0) is 18.9. The van der Waals surface area contributed by atoms with Crippen LogP contribution in [0.15, 0.2) is 89.7 Å². The molecule has 0 radical (unpaired) electrons. The zero-order valence-electron chi connectivity index (χ0n) is 15.6. The van der Waals surface area contributed by atoms with E-state index in [-0.39, 0.29) is 11.3 Å². The van der Waals surface area contributed by atoms with Gasteiger partial charge in [-0.3, -0.25) is 0 Å². The third-order valence-corrected chi connectivity index (χ3v) is 5.50. The van der Waals surface area contributed by atoms with Gasteiger partial charge in [-0.1, -0.05) is 104 Å². The number of halogens is 1. The van der Waals surface area contributed by atoms with E-state index in [2.05, 4.69) is 67.5 Å². The first-order chi connectivity index (χ1) is 12.4. The van der Waals surface area contributed by atoms with Crippen molar-refractivity contribution >= 4 is 21.5 Å². The highest BCUT2D eigenvalue weighted by Crippen LogP contribution is 2.51. The summed E-state index contributed by atoms with van der Waals surface area (Å²) in [6.45, 7) is 10.9. The standard InChI is InChI=1S/C24H25BrO/c1-16-20(17-11-7-5-8-12-17)19(15-25)23(26)22(24(2,3)4)21(16)18-13-9-6-10-14-18/h5-14,20,26H,1,15H2,2-4H3. The summed E-state index contributed by atoms with van der Waals surface area (Å²) >= 11 is 3.61. The Labute approximate surface area is 164 Å². The van der Waals surface area contributed by atoms with Gasteiger partial charge in [-0.15, -0.1) is 0 Å². The van der Waals surface area contributed by atoms with Crippen LogP contribution in [0.1, 0.15) is 37.8 Å². The third kappa shape index (κ3) is 3.31. The average Bonchev–Trinajstić information content (AvgIpc) is 2.63. The molecule has 1 aliphatic rings. The molecule has 0 fully saturated rings. The Morgan fingerprint density at radius 2 is 1.50 bits per heavy atom. The van der Waals surface area contributed by atoms with Crippen molar-refractivity contribution in [3.05, 3.63) is 101 Å². The van der Waals surface area contributed by atoms with Gasteiger partial charge < -0.3 is 5.11 Å². The van der Waals surface area contributed by atoms with Gasteiger partial charge in [-0.25, -0.2) is 0 Å². The molecule has 1 N–H and O–H groups in total. The molecular weight excluding hydrogens is 384 g/mol. The molecule has 134 valence electrons. The molecule has 3 rings (SSSR count). The lowest BCUT2D eigenvalue weighted by Gasteiger charge is -2.37. The van der Waals surface area contributed by atoms with Crippen molar-refractivity contribution < 1.29 is 5.11 Å². The molecule has 1 unspecified atom stereocenters. The number of aliphatic hydroxyl groups is 1. The number of aliphatic hydroxyl groups excluding tert-OH is 1. The fraction of sp³-hybridized carbons (Fsp3) is 0.250. The number of benzene rings is 2. The molecule has 1 aliphatic carbocycles. The minimum atomic E-state index is -0.201. The minimum Gasteiger partial charge on any atom is -0.508 e. The van der Waals surface area contributed by atoms with Gasteiger partial charge in [0, 0.05) is 16.8 Å². The summed E-state index contributed by atoms with van der Waals surface area (Å²) in [4.78, 5) is 0. The third-order valence-electron chi connectivity index (χ3n) is 4.90. The molecule has 0 spiro atoms. The largest absolute Gasteiger partial charge is 0.508 e. The van der Waals surface area contributed by atoms with E-state index < -0.39 is 0 Å². The molecular formula is C24H25BrO. The molecule has 0 amide bonds. The van der Waals surface area contributed by atoms with Crippen LogP contribution < -0.4 is 0 Å². The first kappa shape index (κ1) is 18.7. The van der Waals surface area contributed by atoms with Crippen molar-refractivity contribution in [2.24, 2.45) is 5.41 Å². The topological polar surface area (TPSA) is 20.2 Å². The van der Waals surface area contributed by atoms with Crippen LogP contribution in [0.4, 0.5) is 0 Å². The first-order valence-corrected chi connectivity index (χ1v) is 10.0. The molecule has 0 aliphatic heterocycles. The smallest absolute Gasteiger partial charge is 0.120 e. The van der Waals surface area contributed by atoms with Crippen LogP contribution in [-0.2, 0) is 0 Å². The van der Waals surface area contributed by atoms with Crippen LogP contribution in [0.5, 0.6) is 0 Å². The van der Waals surface area contributed by atoms with Gasteiger partial charge in [0.05, 0.1) is 0 Å². The highest BCUT2D eigenvalue weighted by atomic mass is 79.9. The summed E-state index contributed by atoms with van der Waals surface area (Å²) in [5.41, 5.74) is 6.10. The SMILES string of the molecule is C=C1C(c2ccccc2)=C(C(C)(C)C)C(O)=C(CBr)C1c1ccccc1. The van der Waals surface area contributed by atoms with Crippen LogP contribution in [0.2, 0.25) is 0 Å². The molecule has 0 heterocycles. The average molecular weight is 409 g/mol. The highest BCUT2D eigenvalue weighted by Gasteiger charge is 2.37. The number of hydrogen-bond donors (Lipinski definition) is 1. The van der Waals surface area contributed by atoms with Gasteiger partial charge in [-0.2, -0.15) is 0 Å². The second kappa shape index (κ2) is 7.28. The Kier molecular flexibility index (Phi) is 5.24. The van der Waals surface area contributed by atoms with Gasteiger partial charge in [0.25, 0.3) is 0 Å². The molecule has 0 saturated heterocycles. The van der Waals surface area contributed by atoms with Crippen LogP contribution in [0.3, 0.4) is 0 Å². The van der Waals surface area contributed by atoms with Gasteiger partial charge in [-0.05, 0) is 33.3 Å². The number of allylic oxidation sites excluding steroid dienone is 4. The Balaban J connectivity index is 2.32. The van der Waals surface area contributed by atoms with E-state index in [4.69, 9.17) is 0 Å². The fourth-order valence-corrected chi connectivity index (χ4v) is 4.37. The lowest BCUT2D eigenvalue weighted by molar-refractivity contribution is 0.369. The molecule has 2 aromatic carbocycles. The van der Waals surface area contributed by atoms with E-state index in [9.17, 15) is 5.11 Å². The molecule has 0 aromatic heterocycles. The number of alkyl halides is 1. The molecule has 26 heavy (non-hydrogen) atoms. The predicted octanol–water partition coefficient (Wildman–Crippen LogP) is 7.05. The van der Waals surface area contributed by atoms with Crippen LogP contribution in [-0.4, -0.2) is 10.4 Å². The molecule has 0 saturated carbocycles. The first-order valence-electron chi connectivity index (χ1n) is 8.89. The van der Waals surface area contributed by atoms with Gasteiger partial charge in [0.15, 0.2) is 0 Å². The van der Waals surface area contributed by atoms with Crippen molar-refractivity contribution in [1.29, 1.82) is 0 Å². The van der Waals surface area contributed by atoms with E-state index in [0.29, 0.717) is 11.1 Å². The van der Waals surface area contributed by atoms with Gasteiger partial charge in [0.2, 0.25) is 0 Å². The minimum absolute atomic E-state index is 0.0307. The van der Waals surface area contributed by atoms with Crippen molar-refractivity contribution in [3.63, 3.8) is 0 Å². The summed E-state index contributed by atoms with van der Waals surface area (Å²) < 4.78 is 0. The zero-order valence-corrected chi connectivity index (χ0v) is 17.2.